The van der Waals surface area contributed by atoms with Crippen LogP contribution in [-0.2, 0) is 0 Å². The first-order chi connectivity index (χ1) is 6.83. The van der Waals surface area contributed by atoms with Crippen molar-refractivity contribution in [1.29, 1.82) is 0 Å². The molecule has 1 N–H and O–H groups in total. The van der Waals surface area contributed by atoms with Crippen LogP contribution in [0.3, 0.4) is 0 Å². The van der Waals surface area contributed by atoms with Gasteiger partial charge in [-0.1, -0.05) is 0 Å². The van der Waals surface area contributed by atoms with Crippen molar-refractivity contribution in [2.75, 3.05) is 7.05 Å². The Morgan fingerprint density at radius 3 is 2.93 bits per heavy atom. The lowest BCUT2D eigenvalue weighted by atomic mass is 10.1. The van der Waals surface area contributed by atoms with Gasteiger partial charge in [-0.15, -0.1) is 11.3 Å². The zero-order valence-electron chi connectivity index (χ0n) is 8.15. The van der Waals surface area contributed by atoms with Crippen LogP contribution in [0.2, 0.25) is 0 Å². The third-order valence-corrected chi connectivity index (χ3v) is 3.16. The van der Waals surface area contributed by atoms with Crippen LogP contribution in [0.4, 0.5) is 0 Å². The lowest BCUT2D eigenvalue weighted by Gasteiger charge is -2.11. The Morgan fingerprint density at radius 2 is 2.43 bits per heavy atom. The summed E-state index contributed by atoms with van der Waals surface area (Å²) in [5.41, 5.74) is 2.92. The van der Waals surface area contributed by atoms with Gasteiger partial charge in [-0.05, 0) is 26.1 Å². The summed E-state index contributed by atoms with van der Waals surface area (Å²) in [5, 5.41) is 3.22. The topological polar surface area (TPSA) is 38.1 Å². The highest BCUT2D eigenvalue weighted by atomic mass is 32.1. The van der Waals surface area contributed by atoms with E-state index in [1.807, 2.05) is 31.6 Å². The largest absolute Gasteiger partial charge is 0.467 e. The Bertz CT molecular complexity index is 394. The molecule has 2 aromatic rings. The van der Waals surface area contributed by atoms with Gasteiger partial charge in [0, 0.05) is 0 Å². The van der Waals surface area contributed by atoms with Crippen LogP contribution in [-0.4, -0.2) is 12.0 Å². The highest BCUT2D eigenvalue weighted by molar-refractivity contribution is 7.09. The Balaban J connectivity index is 2.36. The first-order valence-corrected chi connectivity index (χ1v) is 5.31. The molecule has 0 amide bonds. The van der Waals surface area contributed by atoms with Gasteiger partial charge in [-0.2, -0.15) is 0 Å². The summed E-state index contributed by atoms with van der Waals surface area (Å²) in [7, 11) is 1.92. The predicted molar refractivity (Wildman–Crippen MR) is 56.5 cm³/mol. The van der Waals surface area contributed by atoms with Crippen LogP contribution >= 0.6 is 11.3 Å². The zero-order chi connectivity index (χ0) is 9.97. The monoisotopic (exact) mass is 208 g/mol. The Hall–Kier alpha value is -1.13. The molecule has 0 bridgehead atoms. The summed E-state index contributed by atoms with van der Waals surface area (Å²) in [5.74, 6) is 0.930. The summed E-state index contributed by atoms with van der Waals surface area (Å²) in [6.45, 7) is 2.01. The fraction of sp³-hybridized carbons (Fsp3) is 0.300. The maximum atomic E-state index is 5.38. The zero-order valence-corrected chi connectivity index (χ0v) is 8.97. The van der Waals surface area contributed by atoms with Crippen molar-refractivity contribution in [2.24, 2.45) is 0 Å². The van der Waals surface area contributed by atoms with Gasteiger partial charge in [0.2, 0.25) is 0 Å². The van der Waals surface area contributed by atoms with Gasteiger partial charge in [0.25, 0.3) is 0 Å². The molecule has 0 aliphatic carbocycles. The normalized spacial score (nSPS) is 13.0. The van der Waals surface area contributed by atoms with Crippen molar-refractivity contribution >= 4 is 11.3 Å². The number of aromatic nitrogens is 1. The molecule has 14 heavy (non-hydrogen) atoms. The molecule has 2 aromatic heterocycles. The van der Waals surface area contributed by atoms with Gasteiger partial charge in [-0.25, -0.2) is 4.98 Å². The van der Waals surface area contributed by atoms with Crippen LogP contribution in [0.25, 0.3) is 0 Å². The van der Waals surface area contributed by atoms with Crippen molar-refractivity contribution in [3.8, 4) is 0 Å². The number of thiazole rings is 1. The molecular formula is C10H12N2OS. The molecule has 0 aliphatic heterocycles. The number of hydrogen-bond donors (Lipinski definition) is 1. The van der Waals surface area contributed by atoms with Gasteiger partial charge >= 0.3 is 0 Å². The molecule has 0 fully saturated rings. The second-order valence-electron chi connectivity index (χ2n) is 3.04. The van der Waals surface area contributed by atoms with Gasteiger partial charge in [0.05, 0.1) is 22.3 Å². The lowest BCUT2D eigenvalue weighted by Crippen LogP contribution is -2.16. The highest BCUT2D eigenvalue weighted by Crippen LogP contribution is 2.27. The van der Waals surface area contributed by atoms with Gasteiger partial charge in [0.1, 0.15) is 11.8 Å². The smallest absolute Gasteiger partial charge is 0.126 e. The molecule has 0 radical (unpaired) electrons. The molecule has 0 spiro atoms. The summed E-state index contributed by atoms with van der Waals surface area (Å²) in [4.78, 5) is 5.44. The molecule has 2 heterocycles. The first kappa shape index (κ1) is 9.43. The van der Waals surface area contributed by atoms with E-state index in [-0.39, 0.29) is 6.04 Å². The maximum absolute atomic E-state index is 5.38. The van der Waals surface area contributed by atoms with Crippen LogP contribution in [0.5, 0.6) is 0 Å². The predicted octanol–water partition coefficient (Wildman–Crippen LogP) is 2.35. The molecule has 1 atom stereocenters. The third-order valence-electron chi connectivity index (χ3n) is 2.16. The van der Waals surface area contributed by atoms with Crippen LogP contribution in [0.1, 0.15) is 22.4 Å². The van der Waals surface area contributed by atoms with E-state index in [1.54, 1.807) is 17.6 Å². The maximum Gasteiger partial charge on any atom is 0.126 e. The minimum atomic E-state index is 0.123. The summed E-state index contributed by atoms with van der Waals surface area (Å²) in [6.07, 6.45) is 1.69. The minimum absolute atomic E-state index is 0.123. The third kappa shape index (κ3) is 1.58. The molecule has 3 nitrogen and oxygen atoms in total. The van der Waals surface area contributed by atoms with Gasteiger partial charge in [-0.3, -0.25) is 0 Å². The Kier molecular flexibility index (Phi) is 2.65. The molecule has 0 aliphatic rings. The van der Waals surface area contributed by atoms with E-state index >= 15 is 0 Å². The van der Waals surface area contributed by atoms with E-state index in [0.717, 1.165) is 11.5 Å². The summed E-state index contributed by atoms with van der Waals surface area (Å²) < 4.78 is 5.38. The second-order valence-corrected chi connectivity index (χ2v) is 3.93. The average Bonchev–Trinajstić information content (AvgIpc) is 2.80. The highest BCUT2D eigenvalue weighted by Gasteiger charge is 2.18. The molecule has 0 aromatic carbocycles. The molecular weight excluding hydrogens is 196 g/mol. The number of hydrogen-bond acceptors (Lipinski definition) is 4. The van der Waals surface area contributed by atoms with Crippen molar-refractivity contribution in [2.45, 2.75) is 13.0 Å². The second kappa shape index (κ2) is 3.94. The Morgan fingerprint density at radius 1 is 1.57 bits per heavy atom. The van der Waals surface area contributed by atoms with Crippen molar-refractivity contribution in [1.82, 2.24) is 10.3 Å². The van der Waals surface area contributed by atoms with E-state index in [2.05, 4.69) is 10.3 Å². The number of aryl methyl sites for hydroxylation is 1. The van der Waals surface area contributed by atoms with E-state index in [0.29, 0.717) is 0 Å². The van der Waals surface area contributed by atoms with Crippen molar-refractivity contribution < 1.29 is 4.42 Å². The van der Waals surface area contributed by atoms with Crippen LogP contribution in [0, 0.1) is 6.92 Å². The van der Waals surface area contributed by atoms with Gasteiger partial charge in [0.15, 0.2) is 0 Å². The minimum Gasteiger partial charge on any atom is -0.467 e. The molecule has 0 saturated carbocycles. The average molecular weight is 208 g/mol. The number of nitrogens with one attached hydrogen (secondary N) is 1. The first-order valence-electron chi connectivity index (χ1n) is 4.43. The molecule has 2 rings (SSSR count). The standard InChI is InChI=1S/C10H12N2OS/c1-7-10(14-6-12-7)9(11-2)8-4-3-5-13-8/h3-6,9,11H,1-2H3. The summed E-state index contributed by atoms with van der Waals surface area (Å²) >= 11 is 1.65. The quantitative estimate of drug-likeness (QED) is 0.841. The summed E-state index contributed by atoms with van der Waals surface area (Å²) in [6, 6.07) is 3.99. The SMILES string of the molecule is CNC(c1ccco1)c1scnc1C. The Labute approximate surface area is 86.8 Å². The van der Waals surface area contributed by atoms with Crippen LogP contribution in [0.15, 0.2) is 28.3 Å². The van der Waals surface area contributed by atoms with E-state index in [4.69, 9.17) is 4.42 Å². The number of furan rings is 1. The lowest BCUT2D eigenvalue weighted by molar-refractivity contribution is 0.465. The van der Waals surface area contributed by atoms with Crippen LogP contribution < -0.4 is 5.32 Å². The fourth-order valence-electron chi connectivity index (χ4n) is 1.45. The van der Waals surface area contributed by atoms with E-state index < -0.39 is 0 Å². The number of rotatable bonds is 3. The van der Waals surface area contributed by atoms with Gasteiger partial charge < -0.3 is 9.73 Å². The number of nitrogens with zero attached hydrogens (tertiary/aromatic N) is 1. The molecule has 0 saturated heterocycles. The molecule has 4 heteroatoms. The van der Waals surface area contributed by atoms with E-state index in [9.17, 15) is 0 Å². The van der Waals surface area contributed by atoms with E-state index in [1.165, 1.54) is 4.88 Å². The fourth-order valence-corrected chi connectivity index (χ4v) is 2.36. The molecule has 74 valence electrons. The molecule has 1 unspecified atom stereocenters. The van der Waals surface area contributed by atoms with Crippen molar-refractivity contribution in [3.63, 3.8) is 0 Å². The van der Waals surface area contributed by atoms with Crippen molar-refractivity contribution in [3.05, 3.63) is 40.2 Å².